The Labute approximate surface area is 114 Å². The lowest BCUT2D eigenvalue weighted by Gasteiger charge is -2.28. The largest absolute Gasteiger partial charge is 0.312 e. The van der Waals surface area contributed by atoms with Crippen LogP contribution in [0.25, 0.3) is 0 Å². The van der Waals surface area contributed by atoms with E-state index in [0.717, 1.165) is 23.9 Å². The minimum Gasteiger partial charge on any atom is -0.312 e. The van der Waals surface area contributed by atoms with E-state index in [4.69, 9.17) is 0 Å². The molecular weight excluding hydrogens is 240 g/mol. The second-order valence-corrected chi connectivity index (χ2v) is 5.58. The van der Waals surface area contributed by atoms with Gasteiger partial charge in [0.15, 0.2) is 0 Å². The molecule has 0 aromatic heterocycles. The van der Waals surface area contributed by atoms with Crippen LogP contribution in [-0.4, -0.2) is 11.5 Å². The Hall–Kier alpha value is -1.42. The Balaban J connectivity index is 1.82. The Morgan fingerprint density at radius 1 is 1.37 bits per heavy atom. The number of nitrogens with one attached hydrogen (secondary N) is 1. The van der Waals surface area contributed by atoms with Gasteiger partial charge in [-0.2, -0.15) is 0 Å². The molecular formula is C15H22N2O2. The van der Waals surface area contributed by atoms with Crippen molar-refractivity contribution < 1.29 is 4.92 Å². The first-order chi connectivity index (χ1) is 9.16. The molecule has 4 heteroatoms. The highest BCUT2D eigenvalue weighted by Gasteiger charge is 2.20. The summed E-state index contributed by atoms with van der Waals surface area (Å²) in [7, 11) is 0. The molecule has 0 spiro atoms. The number of hydrogen-bond acceptors (Lipinski definition) is 3. The number of hydrogen-bond donors (Lipinski definition) is 1. The van der Waals surface area contributed by atoms with Crippen LogP contribution in [0.3, 0.4) is 0 Å². The van der Waals surface area contributed by atoms with E-state index in [0.29, 0.717) is 6.54 Å². The zero-order valence-electron chi connectivity index (χ0n) is 11.5. The maximum absolute atomic E-state index is 10.7. The summed E-state index contributed by atoms with van der Waals surface area (Å²) in [5.74, 6) is 1.55. The van der Waals surface area contributed by atoms with Gasteiger partial charge in [-0.15, -0.1) is 0 Å². The van der Waals surface area contributed by atoms with Crippen molar-refractivity contribution >= 4 is 5.69 Å². The molecule has 1 saturated carbocycles. The lowest BCUT2D eigenvalue weighted by atomic mass is 9.80. The lowest BCUT2D eigenvalue weighted by molar-refractivity contribution is -0.384. The standard InChI is InChI=1S/C15H22N2O2/c1-12-5-2-3-7-14(12)11-16-10-13-6-4-8-15(9-13)17(18)19/h4,6,8-9,12,14,16H,2-3,5,7,10-11H2,1H3. The third kappa shape index (κ3) is 4.03. The summed E-state index contributed by atoms with van der Waals surface area (Å²) in [4.78, 5) is 10.4. The van der Waals surface area contributed by atoms with Crippen LogP contribution in [0, 0.1) is 22.0 Å². The van der Waals surface area contributed by atoms with E-state index in [9.17, 15) is 10.1 Å². The van der Waals surface area contributed by atoms with Crippen molar-refractivity contribution in [2.45, 2.75) is 39.2 Å². The molecule has 1 aliphatic carbocycles. The number of nitro groups is 1. The Bertz CT molecular complexity index is 434. The first-order valence-electron chi connectivity index (χ1n) is 7.11. The predicted octanol–water partition coefficient (Wildman–Crippen LogP) is 3.51. The topological polar surface area (TPSA) is 55.2 Å². The van der Waals surface area contributed by atoms with E-state index < -0.39 is 0 Å². The fourth-order valence-corrected chi connectivity index (χ4v) is 2.88. The van der Waals surface area contributed by atoms with Gasteiger partial charge in [-0.3, -0.25) is 10.1 Å². The van der Waals surface area contributed by atoms with Crippen molar-refractivity contribution in [1.29, 1.82) is 0 Å². The van der Waals surface area contributed by atoms with Gasteiger partial charge in [0, 0.05) is 18.7 Å². The van der Waals surface area contributed by atoms with Gasteiger partial charge in [0.25, 0.3) is 5.69 Å². The molecule has 19 heavy (non-hydrogen) atoms. The average Bonchev–Trinajstić information content (AvgIpc) is 2.41. The average molecular weight is 262 g/mol. The Morgan fingerprint density at radius 2 is 2.16 bits per heavy atom. The molecule has 1 N–H and O–H groups in total. The molecule has 0 heterocycles. The lowest BCUT2D eigenvalue weighted by Crippen LogP contribution is -2.29. The molecule has 4 nitrogen and oxygen atoms in total. The summed E-state index contributed by atoms with van der Waals surface area (Å²) in [6.07, 6.45) is 5.35. The van der Waals surface area contributed by atoms with E-state index >= 15 is 0 Å². The quantitative estimate of drug-likeness (QED) is 0.652. The van der Waals surface area contributed by atoms with Gasteiger partial charge in [0.1, 0.15) is 0 Å². The van der Waals surface area contributed by atoms with Crippen molar-refractivity contribution in [2.75, 3.05) is 6.54 Å². The molecule has 2 unspecified atom stereocenters. The second kappa shape index (κ2) is 6.66. The summed E-state index contributed by atoms with van der Waals surface area (Å²) >= 11 is 0. The van der Waals surface area contributed by atoms with Crippen LogP contribution in [0.4, 0.5) is 5.69 Å². The van der Waals surface area contributed by atoms with E-state index in [1.807, 2.05) is 6.07 Å². The molecule has 0 amide bonds. The van der Waals surface area contributed by atoms with Crippen LogP contribution in [0.15, 0.2) is 24.3 Å². The molecule has 1 aliphatic rings. The van der Waals surface area contributed by atoms with Crippen molar-refractivity contribution in [3.8, 4) is 0 Å². The minimum absolute atomic E-state index is 0.172. The molecule has 0 radical (unpaired) electrons. The molecule has 2 rings (SSSR count). The maximum atomic E-state index is 10.7. The van der Waals surface area contributed by atoms with Gasteiger partial charge in [0.05, 0.1) is 4.92 Å². The normalized spacial score (nSPS) is 23.2. The number of benzene rings is 1. The SMILES string of the molecule is CC1CCCCC1CNCc1cccc([N+](=O)[O-])c1. The fourth-order valence-electron chi connectivity index (χ4n) is 2.88. The second-order valence-electron chi connectivity index (χ2n) is 5.58. The minimum atomic E-state index is -0.341. The van der Waals surface area contributed by atoms with Crippen molar-refractivity contribution in [3.05, 3.63) is 39.9 Å². The molecule has 0 bridgehead atoms. The first-order valence-corrected chi connectivity index (χ1v) is 7.11. The van der Waals surface area contributed by atoms with Crippen molar-refractivity contribution in [2.24, 2.45) is 11.8 Å². The van der Waals surface area contributed by atoms with Crippen LogP contribution in [0.5, 0.6) is 0 Å². The zero-order valence-corrected chi connectivity index (χ0v) is 11.5. The van der Waals surface area contributed by atoms with E-state index in [2.05, 4.69) is 12.2 Å². The molecule has 1 fully saturated rings. The predicted molar refractivity (Wildman–Crippen MR) is 75.9 cm³/mol. The van der Waals surface area contributed by atoms with Gasteiger partial charge in [-0.05, 0) is 30.4 Å². The van der Waals surface area contributed by atoms with Crippen LogP contribution >= 0.6 is 0 Å². The van der Waals surface area contributed by atoms with Crippen molar-refractivity contribution in [1.82, 2.24) is 5.32 Å². The van der Waals surface area contributed by atoms with Crippen LogP contribution < -0.4 is 5.32 Å². The van der Waals surface area contributed by atoms with Crippen LogP contribution in [0.2, 0.25) is 0 Å². The molecule has 104 valence electrons. The number of nitrogens with zero attached hydrogens (tertiary/aromatic N) is 1. The highest BCUT2D eigenvalue weighted by atomic mass is 16.6. The van der Waals surface area contributed by atoms with Gasteiger partial charge in [0.2, 0.25) is 0 Å². The monoisotopic (exact) mass is 262 g/mol. The highest BCUT2D eigenvalue weighted by Crippen LogP contribution is 2.28. The molecule has 1 aromatic carbocycles. The Kier molecular flexibility index (Phi) is 4.91. The van der Waals surface area contributed by atoms with E-state index in [1.165, 1.54) is 31.7 Å². The van der Waals surface area contributed by atoms with Crippen LogP contribution in [-0.2, 0) is 6.54 Å². The molecule has 2 atom stereocenters. The molecule has 1 aromatic rings. The van der Waals surface area contributed by atoms with Crippen molar-refractivity contribution in [3.63, 3.8) is 0 Å². The van der Waals surface area contributed by atoms with Gasteiger partial charge in [-0.25, -0.2) is 0 Å². The number of non-ortho nitro benzene ring substituents is 1. The van der Waals surface area contributed by atoms with Gasteiger partial charge >= 0.3 is 0 Å². The van der Waals surface area contributed by atoms with E-state index in [-0.39, 0.29) is 10.6 Å². The third-order valence-corrected chi connectivity index (χ3v) is 4.15. The van der Waals surface area contributed by atoms with E-state index in [1.54, 1.807) is 12.1 Å². The summed E-state index contributed by atoms with van der Waals surface area (Å²) in [6, 6.07) is 6.87. The van der Waals surface area contributed by atoms with Crippen LogP contribution in [0.1, 0.15) is 38.2 Å². The third-order valence-electron chi connectivity index (χ3n) is 4.15. The summed E-state index contributed by atoms with van der Waals surface area (Å²) in [5, 5.41) is 14.1. The smallest absolute Gasteiger partial charge is 0.269 e. The highest BCUT2D eigenvalue weighted by molar-refractivity contribution is 5.34. The number of nitro benzene ring substituents is 1. The van der Waals surface area contributed by atoms with Gasteiger partial charge < -0.3 is 5.32 Å². The summed E-state index contributed by atoms with van der Waals surface area (Å²) in [6.45, 7) is 4.06. The number of rotatable bonds is 5. The van der Waals surface area contributed by atoms with Gasteiger partial charge in [-0.1, -0.05) is 38.3 Å². The Morgan fingerprint density at radius 3 is 2.89 bits per heavy atom. The zero-order chi connectivity index (χ0) is 13.7. The summed E-state index contributed by atoms with van der Waals surface area (Å²) < 4.78 is 0. The first kappa shape index (κ1) is 14.0. The maximum Gasteiger partial charge on any atom is 0.269 e. The summed E-state index contributed by atoms with van der Waals surface area (Å²) in [5.41, 5.74) is 1.16. The fraction of sp³-hybridized carbons (Fsp3) is 0.600. The molecule has 0 aliphatic heterocycles. The molecule has 0 saturated heterocycles.